The van der Waals surface area contributed by atoms with E-state index in [4.69, 9.17) is 22.2 Å². The van der Waals surface area contributed by atoms with E-state index in [0.29, 0.717) is 0 Å². The Morgan fingerprint density at radius 2 is 1.50 bits per heavy atom. The van der Waals surface area contributed by atoms with Crippen molar-refractivity contribution < 1.29 is 0 Å². The van der Waals surface area contributed by atoms with Crippen LogP contribution in [0.1, 0.15) is 0 Å². The van der Waals surface area contributed by atoms with Gasteiger partial charge in [-0.3, -0.25) is 0 Å². The van der Waals surface area contributed by atoms with Crippen molar-refractivity contribution >= 4 is 36.9 Å². The van der Waals surface area contributed by atoms with Gasteiger partial charge in [0.05, 0.1) is 0 Å². The normalized spacial score (nSPS) is 31.5. The third kappa shape index (κ3) is 1.50. The second-order valence-electron chi connectivity index (χ2n) is 3.37. The summed E-state index contributed by atoms with van der Waals surface area (Å²) in [6.07, 6.45) is 0. The summed E-state index contributed by atoms with van der Waals surface area (Å²) in [6.45, 7) is 3.12. The largest absolute Gasteiger partial charge is 0.246 e. The molecular weight excluding hydrogens is 175 g/mol. The molecular formula is C4H10Cl2Si2. The van der Waals surface area contributed by atoms with Gasteiger partial charge in [0.25, 0.3) is 0 Å². The molecule has 48 valence electrons. The monoisotopic (exact) mass is 184 g/mol. The molecule has 0 atom stereocenters. The molecule has 4 heteroatoms. The molecule has 0 amide bonds. The van der Waals surface area contributed by atoms with Gasteiger partial charge in [0.2, 0.25) is 6.69 Å². The molecule has 0 spiro atoms. The smallest absolute Gasteiger partial charge is 0.146 e. The molecule has 8 heavy (non-hydrogen) atoms. The van der Waals surface area contributed by atoms with Crippen LogP contribution < -0.4 is 0 Å². The molecule has 0 aromatic carbocycles. The van der Waals surface area contributed by atoms with Crippen LogP contribution in [-0.4, -0.2) is 14.8 Å². The van der Waals surface area contributed by atoms with Crippen LogP contribution in [-0.2, 0) is 0 Å². The molecule has 1 heterocycles. The Morgan fingerprint density at radius 1 is 1.12 bits per heavy atom. The highest BCUT2D eigenvalue weighted by molar-refractivity contribution is 7.54. The summed E-state index contributed by atoms with van der Waals surface area (Å²) in [4.78, 5) is 0. The zero-order chi connectivity index (χ0) is 6.41. The Bertz CT molecular complexity index is 88.6. The van der Waals surface area contributed by atoms with E-state index in [-0.39, 0.29) is 0 Å². The topological polar surface area (TPSA) is 0 Å². The lowest BCUT2D eigenvalue weighted by molar-refractivity contribution is 1.44. The van der Waals surface area contributed by atoms with Crippen LogP contribution in [0, 0.1) is 0 Å². The fourth-order valence-corrected chi connectivity index (χ4v) is 25.2. The van der Waals surface area contributed by atoms with E-state index < -0.39 is 14.8 Å². The zero-order valence-corrected chi connectivity index (χ0v) is 8.68. The van der Waals surface area contributed by atoms with Gasteiger partial charge in [-0.25, -0.2) is 0 Å². The predicted octanol–water partition coefficient (Wildman–Crippen LogP) is 2.71. The van der Waals surface area contributed by atoms with Gasteiger partial charge in [-0.15, -0.1) is 22.2 Å². The van der Waals surface area contributed by atoms with Gasteiger partial charge < -0.3 is 0 Å². The number of hydrogen-bond donors (Lipinski definition) is 0. The van der Waals surface area contributed by atoms with E-state index >= 15 is 0 Å². The van der Waals surface area contributed by atoms with Gasteiger partial charge in [-0.2, -0.15) is 0 Å². The molecule has 1 aliphatic rings. The first-order chi connectivity index (χ1) is 3.41. The third-order valence-electron chi connectivity index (χ3n) is 1.47. The first-order valence-electron chi connectivity index (χ1n) is 2.79. The number of rotatable bonds is 0. The summed E-state index contributed by atoms with van der Waals surface area (Å²) in [5.74, 6) is 0. The highest BCUT2D eigenvalue weighted by Crippen LogP contribution is 2.45. The van der Waals surface area contributed by atoms with Gasteiger partial charge in [0, 0.05) is 8.07 Å². The van der Waals surface area contributed by atoms with E-state index in [9.17, 15) is 0 Å². The summed E-state index contributed by atoms with van der Waals surface area (Å²) in [5, 5.41) is 0. The average Bonchev–Trinajstić information content (AvgIpc) is 1.20. The van der Waals surface area contributed by atoms with Crippen LogP contribution >= 0.6 is 22.2 Å². The molecule has 0 bridgehead atoms. The van der Waals surface area contributed by atoms with Gasteiger partial charge in [-0.1, -0.05) is 13.1 Å². The summed E-state index contributed by atoms with van der Waals surface area (Å²) < 4.78 is 0. The van der Waals surface area contributed by atoms with Crippen molar-refractivity contribution in [3.05, 3.63) is 0 Å². The molecule has 1 rings (SSSR count). The third-order valence-corrected chi connectivity index (χ3v) is 18.1. The Hall–Kier alpha value is 1.01. The molecule has 0 unspecified atom stereocenters. The highest BCUT2D eigenvalue weighted by Gasteiger charge is 2.50. The standard InChI is InChI=1S/C4H10Cl2Si2/c1-7(2)3-8(5,6)4-7/h3-4H2,1-2H3. The van der Waals surface area contributed by atoms with Crippen LogP contribution in [0.15, 0.2) is 0 Å². The van der Waals surface area contributed by atoms with Crippen LogP contribution in [0.5, 0.6) is 0 Å². The maximum Gasteiger partial charge on any atom is 0.246 e. The fourth-order valence-electron chi connectivity index (χ4n) is 1.35. The molecule has 1 saturated heterocycles. The number of halogens is 2. The van der Waals surface area contributed by atoms with E-state index in [2.05, 4.69) is 13.1 Å². The Labute approximate surface area is 61.6 Å². The van der Waals surface area contributed by atoms with Gasteiger partial charge in [0.1, 0.15) is 0 Å². The lowest BCUT2D eigenvalue weighted by Crippen LogP contribution is -2.52. The Balaban J connectivity index is 2.42. The van der Waals surface area contributed by atoms with Gasteiger partial charge >= 0.3 is 0 Å². The minimum absolute atomic E-state index is 0.788. The van der Waals surface area contributed by atoms with Crippen molar-refractivity contribution in [2.45, 2.75) is 24.4 Å². The SMILES string of the molecule is C[Si]1(C)C[Si](Cl)(Cl)C1. The lowest BCUT2D eigenvalue weighted by Gasteiger charge is -2.41. The minimum Gasteiger partial charge on any atom is -0.146 e. The molecule has 0 aliphatic carbocycles. The van der Waals surface area contributed by atoms with Crippen LogP contribution in [0.4, 0.5) is 0 Å². The van der Waals surface area contributed by atoms with E-state index in [1.165, 1.54) is 11.3 Å². The maximum absolute atomic E-state index is 5.93. The van der Waals surface area contributed by atoms with Crippen LogP contribution in [0.25, 0.3) is 0 Å². The molecule has 0 aromatic heterocycles. The lowest BCUT2D eigenvalue weighted by atomic mass is 11.7. The zero-order valence-electron chi connectivity index (χ0n) is 5.17. The summed E-state index contributed by atoms with van der Waals surface area (Å²) in [5.41, 5.74) is 2.42. The molecule has 1 fully saturated rings. The molecule has 0 N–H and O–H groups in total. The van der Waals surface area contributed by atoms with E-state index in [1.807, 2.05) is 0 Å². The van der Waals surface area contributed by atoms with E-state index in [0.717, 1.165) is 0 Å². The quantitative estimate of drug-likeness (QED) is 0.402. The van der Waals surface area contributed by atoms with E-state index in [1.54, 1.807) is 0 Å². The van der Waals surface area contributed by atoms with Crippen molar-refractivity contribution in [1.82, 2.24) is 0 Å². The minimum atomic E-state index is -1.58. The molecule has 0 aromatic rings. The first-order valence-corrected chi connectivity index (χ1v) is 10.6. The summed E-state index contributed by atoms with van der Waals surface area (Å²) in [7, 11) is -0.788. The van der Waals surface area contributed by atoms with Gasteiger partial charge in [0.15, 0.2) is 0 Å². The molecule has 0 saturated carbocycles. The summed E-state index contributed by atoms with van der Waals surface area (Å²) >= 11 is 11.9. The average molecular weight is 185 g/mol. The van der Waals surface area contributed by atoms with Gasteiger partial charge in [-0.05, 0) is 11.3 Å². The van der Waals surface area contributed by atoms with Crippen molar-refractivity contribution in [3.8, 4) is 0 Å². The molecule has 0 nitrogen and oxygen atoms in total. The van der Waals surface area contributed by atoms with Crippen molar-refractivity contribution in [2.75, 3.05) is 0 Å². The Morgan fingerprint density at radius 3 is 1.50 bits per heavy atom. The van der Waals surface area contributed by atoms with Crippen molar-refractivity contribution in [1.29, 1.82) is 0 Å². The second kappa shape index (κ2) is 1.75. The van der Waals surface area contributed by atoms with Crippen LogP contribution in [0.3, 0.4) is 0 Å². The molecule has 0 radical (unpaired) electrons. The Kier molecular flexibility index (Phi) is 1.56. The maximum atomic E-state index is 5.93. The second-order valence-corrected chi connectivity index (χ2v) is 17.2. The number of hydrogen-bond acceptors (Lipinski definition) is 0. The van der Waals surface area contributed by atoms with Crippen molar-refractivity contribution in [3.63, 3.8) is 0 Å². The highest BCUT2D eigenvalue weighted by atomic mass is 35.7. The summed E-state index contributed by atoms with van der Waals surface area (Å²) in [6, 6.07) is 0. The van der Waals surface area contributed by atoms with Crippen LogP contribution in [0.2, 0.25) is 24.4 Å². The molecule has 1 aliphatic heterocycles. The fraction of sp³-hybridized carbons (Fsp3) is 1.00. The van der Waals surface area contributed by atoms with Crippen molar-refractivity contribution in [2.24, 2.45) is 0 Å². The first kappa shape index (κ1) is 7.12. The predicted molar refractivity (Wildman–Crippen MR) is 44.6 cm³/mol.